The lowest BCUT2D eigenvalue weighted by Gasteiger charge is -2.24. The van der Waals surface area contributed by atoms with Crippen molar-refractivity contribution >= 4 is 11.5 Å². The number of anilines is 2. The van der Waals surface area contributed by atoms with Gasteiger partial charge in [0.2, 0.25) is 0 Å². The molecular formula is C10H16N4. The van der Waals surface area contributed by atoms with Crippen molar-refractivity contribution in [3.8, 4) is 0 Å². The van der Waals surface area contributed by atoms with E-state index in [1.807, 2.05) is 12.1 Å². The van der Waals surface area contributed by atoms with E-state index in [1.165, 1.54) is 0 Å². The highest BCUT2D eigenvalue weighted by Crippen LogP contribution is 2.16. The molecule has 0 amide bonds. The lowest BCUT2D eigenvalue weighted by molar-refractivity contribution is 0.478. The minimum Gasteiger partial charge on any atom is -0.396 e. The Balaban J connectivity index is 1.99. The number of hydrogen-bond donors (Lipinski definition) is 3. The molecule has 4 nitrogen and oxygen atoms in total. The summed E-state index contributed by atoms with van der Waals surface area (Å²) in [5.74, 6) is 0.819. The fraction of sp³-hybridized carbons (Fsp3) is 0.500. The van der Waals surface area contributed by atoms with E-state index in [2.05, 4.69) is 15.6 Å². The average molecular weight is 192 g/mol. The monoisotopic (exact) mass is 192 g/mol. The van der Waals surface area contributed by atoms with Crippen LogP contribution in [0.3, 0.4) is 0 Å². The highest BCUT2D eigenvalue weighted by molar-refractivity contribution is 5.60. The van der Waals surface area contributed by atoms with Crippen LogP contribution in [-0.4, -0.2) is 24.1 Å². The molecule has 0 bridgehead atoms. The Morgan fingerprint density at radius 3 is 2.93 bits per heavy atom. The van der Waals surface area contributed by atoms with E-state index in [0.717, 1.165) is 37.4 Å². The predicted molar refractivity (Wildman–Crippen MR) is 58.2 cm³/mol. The second-order valence-electron chi connectivity index (χ2n) is 3.61. The van der Waals surface area contributed by atoms with Crippen LogP contribution in [0.1, 0.15) is 12.8 Å². The maximum Gasteiger partial charge on any atom is 0.149 e. The van der Waals surface area contributed by atoms with Gasteiger partial charge in [0.05, 0.1) is 5.69 Å². The number of hydrogen-bond acceptors (Lipinski definition) is 4. The van der Waals surface area contributed by atoms with Crippen LogP contribution in [0, 0.1) is 0 Å². The van der Waals surface area contributed by atoms with Crippen LogP contribution >= 0.6 is 0 Å². The minimum absolute atomic E-state index is 0.508. The van der Waals surface area contributed by atoms with Gasteiger partial charge >= 0.3 is 0 Å². The normalized spacial score (nSPS) is 18.0. The Labute approximate surface area is 83.9 Å². The van der Waals surface area contributed by atoms with E-state index in [4.69, 9.17) is 5.73 Å². The molecule has 4 heteroatoms. The molecule has 1 aliphatic rings. The summed E-state index contributed by atoms with van der Waals surface area (Å²) in [6, 6.07) is 4.23. The SMILES string of the molecule is Nc1cccnc1NC1CCNCC1. The number of nitrogens with zero attached hydrogens (tertiary/aromatic N) is 1. The smallest absolute Gasteiger partial charge is 0.149 e. The number of pyridine rings is 1. The summed E-state index contributed by atoms with van der Waals surface area (Å²) < 4.78 is 0. The van der Waals surface area contributed by atoms with Crippen LogP contribution in [0.2, 0.25) is 0 Å². The summed E-state index contributed by atoms with van der Waals surface area (Å²) in [6.07, 6.45) is 4.03. The molecule has 2 heterocycles. The third kappa shape index (κ3) is 2.14. The van der Waals surface area contributed by atoms with Crippen LogP contribution in [0.5, 0.6) is 0 Å². The van der Waals surface area contributed by atoms with Gasteiger partial charge in [-0.05, 0) is 38.1 Å². The fourth-order valence-electron chi connectivity index (χ4n) is 1.70. The summed E-state index contributed by atoms with van der Waals surface area (Å²) in [5, 5.41) is 6.70. The largest absolute Gasteiger partial charge is 0.396 e. The Hall–Kier alpha value is -1.29. The average Bonchev–Trinajstić information content (AvgIpc) is 2.23. The quantitative estimate of drug-likeness (QED) is 0.649. The molecule has 4 N–H and O–H groups in total. The molecule has 2 rings (SSSR count). The van der Waals surface area contributed by atoms with Gasteiger partial charge in [-0.15, -0.1) is 0 Å². The standard InChI is InChI=1S/C10H16N4/c11-9-2-1-5-13-10(9)14-8-3-6-12-7-4-8/h1-2,5,8,12H,3-4,6-7,11H2,(H,13,14). The topological polar surface area (TPSA) is 63.0 Å². The molecule has 76 valence electrons. The van der Waals surface area contributed by atoms with Crippen molar-refractivity contribution in [2.24, 2.45) is 0 Å². The second kappa shape index (κ2) is 4.28. The first-order valence-corrected chi connectivity index (χ1v) is 5.04. The first kappa shape index (κ1) is 9.27. The Kier molecular flexibility index (Phi) is 2.84. The van der Waals surface area contributed by atoms with Gasteiger partial charge in [0.1, 0.15) is 5.82 Å². The molecule has 1 saturated heterocycles. The second-order valence-corrected chi connectivity index (χ2v) is 3.61. The van der Waals surface area contributed by atoms with Crippen LogP contribution in [0.4, 0.5) is 11.5 Å². The van der Waals surface area contributed by atoms with Crippen molar-refractivity contribution < 1.29 is 0 Å². The summed E-state index contributed by atoms with van der Waals surface area (Å²) in [7, 11) is 0. The predicted octanol–water partition coefficient (Wildman–Crippen LogP) is 0.828. The number of rotatable bonds is 2. The summed E-state index contributed by atoms with van der Waals surface area (Å²) >= 11 is 0. The van der Waals surface area contributed by atoms with Crippen molar-refractivity contribution in [3.05, 3.63) is 18.3 Å². The molecule has 0 radical (unpaired) electrons. The van der Waals surface area contributed by atoms with Crippen molar-refractivity contribution in [2.45, 2.75) is 18.9 Å². The van der Waals surface area contributed by atoms with E-state index in [0.29, 0.717) is 6.04 Å². The molecule has 14 heavy (non-hydrogen) atoms. The van der Waals surface area contributed by atoms with E-state index < -0.39 is 0 Å². The Morgan fingerprint density at radius 1 is 1.43 bits per heavy atom. The molecule has 1 aromatic rings. The minimum atomic E-state index is 0.508. The maximum atomic E-state index is 5.80. The summed E-state index contributed by atoms with van der Waals surface area (Å²) in [6.45, 7) is 2.15. The van der Waals surface area contributed by atoms with Crippen LogP contribution in [0.25, 0.3) is 0 Å². The van der Waals surface area contributed by atoms with Crippen molar-refractivity contribution in [1.82, 2.24) is 10.3 Å². The molecular weight excluding hydrogens is 176 g/mol. The zero-order chi connectivity index (χ0) is 9.80. The third-order valence-electron chi connectivity index (χ3n) is 2.52. The van der Waals surface area contributed by atoms with Crippen molar-refractivity contribution in [2.75, 3.05) is 24.1 Å². The first-order chi connectivity index (χ1) is 6.86. The van der Waals surface area contributed by atoms with Crippen LogP contribution in [0.15, 0.2) is 18.3 Å². The highest BCUT2D eigenvalue weighted by Gasteiger charge is 2.13. The zero-order valence-corrected chi connectivity index (χ0v) is 8.16. The zero-order valence-electron chi connectivity index (χ0n) is 8.16. The number of nitrogens with one attached hydrogen (secondary N) is 2. The lowest BCUT2D eigenvalue weighted by Crippen LogP contribution is -2.35. The van der Waals surface area contributed by atoms with Gasteiger partial charge in [0, 0.05) is 12.2 Å². The number of aromatic nitrogens is 1. The van der Waals surface area contributed by atoms with Gasteiger partial charge in [-0.25, -0.2) is 4.98 Å². The molecule has 0 aliphatic carbocycles. The molecule has 0 unspecified atom stereocenters. The molecule has 1 fully saturated rings. The van der Waals surface area contributed by atoms with Crippen LogP contribution in [-0.2, 0) is 0 Å². The number of nitrogens with two attached hydrogens (primary N) is 1. The molecule has 0 atom stereocenters. The summed E-state index contributed by atoms with van der Waals surface area (Å²) in [4.78, 5) is 4.22. The molecule has 0 aromatic carbocycles. The van der Waals surface area contributed by atoms with Crippen molar-refractivity contribution in [1.29, 1.82) is 0 Å². The van der Waals surface area contributed by atoms with Gasteiger partial charge in [0.25, 0.3) is 0 Å². The van der Waals surface area contributed by atoms with E-state index in [1.54, 1.807) is 6.20 Å². The molecule has 1 aromatic heterocycles. The van der Waals surface area contributed by atoms with E-state index in [-0.39, 0.29) is 0 Å². The highest BCUT2D eigenvalue weighted by atomic mass is 15.0. The van der Waals surface area contributed by atoms with E-state index in [9.17, 15) is 0 Å². The van der Waals surface area contributed by atoms with Crippen LogP contribution < -0.4 is 16.4 Å². The van der Waals surface area contributed by atoms with Gasteiger partial charge in [-0.3, -0.25) is 0 Å². The molecule has 0 saturated carbocycles. The Morgan fingerprint density at radius 2 is 2.21 bits per heavy atom. The van der Waals surface area contributed by atoms with E-state index >= 15 is 0 Å². The summed E-state index contributed by atoms with van der Waals surface area (Å²) in [5.41, 5.74) is 6.52. The van der Waals surface area contributed by atoms with Gasteiger partial charge in [0.15, 0.2) is 0 Å². The first-order valence-electron chi connectivity index (χ1n) is 5.04. The lowest BCUT2D eigenvalue weighted by atomic mass is 10.1. The van der Waals surface area contributed by atoms with Crippen molar-refractivity contribution in [3.63, 3.8) is 0 Å². The maximum absolute atomic E-state index is 5.80. The number of nitrogen functional groups attached to an aromatic ring is 1. The molecule has 1 aliphatic heterocycles. The molecule has 0 spiro atoms. The third-order valence-corrected chi connectivity index (χ3v) is 2.52. The van der Waals surface area contributed by atoms with Gasteiger partial charge < -0.3 is 16.4 Å². The fourth-order valence-corrected chi connectivity index (χ4v) is 1.70. The number of piperidine rings is 1. The van der Waals surface area contributed by atoms with Gasteiger partial charge in [-0.2, -0.15) is 0 Å². The Bertz CT molecular complexity index is 294. The van der Waals surface area contributed by atoms with Gasteiger partial charge in [-0.1, -0.05) is 0 Å².